The largest absolute Gasteiger partial charge is 0.219 e. The fourth-order valence-corrected chi connectivity index (χ4v) is 0.503. The Labute approximate surface area is 51.3 Å². The van der Waals surface area contributed by atoms with E-state index >= 15 is 0 Å². The van der Waals surface area contributed by atoms with Crippen molar-refractivity contribution in [2.45, 2.75) is 0 Å². The maximum absolute atomic E-state index is 11.9. The van der Waals surface area contributed by atoms with Gasteiger partial charge in [-0.3, -0.25) is 0 Å². The van der Waals surface area contributed by atoms with Gasteiger partial charge in [-0.15, -0.1) is 0 Å². The third-order valence-corrected chi connectivity index (χ3v) is 1.00. The van der Waals surface area contributed by atoms with Crippen LogP contribution in [0.2, 0.25) is 5.02 Å². The number of pyridine rings is 1. The molecule has 0 fully saturated rings. The van der Waals surface area contributed by atoms with Crippen LogP contribution < -0.4 is 4.79 Å². The lowest BCUT2D eigenvalue weighted by molar-refractivity contribution is -0.843. The predicted octanol–water partition coefficient (Wildman–Crippen LogP) is 1.36. The van der Waals surface area contributed by atoms with Gasteiger partial charge >= 0.3 is 0 Å². The molecule has 0 spiro atoms. The minimum absolute atomic E-state index is 0.436. The van der Waals surface area contributed by atoms with Crippen molar-refractivity contribution >= 4 is 11.6 Å². The lowest BCUT2D eigenvalue weighted by Crippen LogP contribution is -2.18. The minimum Gasteiger partial charge on any atom is -0.0839 e. The number of aromatic nitrogens is 1. The summed E-state index contributed by atoms with van der Waals surface area (Å²) in [5.41, 5.74) is 0. The Kier molecular flexibility index (Phi) is 1.44. The van der Waals surface area contributed by atoms with Crippen LogP contribution in [0.15, 0.2) is 24.5 Å². The Hall–Kier alpha value is -0.630. The standard InChI is InChI=1S/C5H4ClFN/c6-5-1-3-8(7)4-2-5/h1-4H/q+1. The molecule has 1 aromatic heterocycles. The number of hydrogen-bond donors (Lipinski definition) is 0. The second-order valence-electron chi connectivity index (χ2n) is 1.36. The van der Waals surface area contributed by atoms with Gasteiger partial charge in [-0.05, 0) is 0 Å². The highest BCUT2D eigenvalue weighted by Crippen LogP contribution is 2.01. The Morgan fingerprint density at radius 3 is 2.25 bits per heavy atom. The molecule has 0 aliphatic heterocycles. The van der Waals surface area contributed by atoms with Crippen molar-refractivity contribution in [1.82, 2.24) is 0 Å². The normalized spacial score (nSPS) is 9.25. The van der Waals surface area contributed by atoms with Crippen molar-refractivity contribution in [3.63, 3.8) is 0 Å². The Morgan fingerprint density at radius 2 is 1.88 bits per heavy atom. The van der Waals surface area contributed by atoms with Crippen LogP contribution in [0, 0.1) is 0 Å². The topological polar surface area (TPSA) is 3.88 Å². The van der Waals surface area contributed by atoms with E-state index in [9.17, 15) is 4.48 Å². The molecule has 0 amide bonds. The molecular weight excluding hydrogens is 129 g/mol. The molecule has 8 heavy (non-hydrogen) atoms. The van der Waals surface area contributed by atoms with E-state index in [1.165, 1.54) is 24.5 Å². The van der Waals surface area contributed by atoms with E-state index in [0.29, 0.717) is 9.81 Å². The molecule has 3 heteroatoms. The molecule has 0 aromatic carbocycles. The second kappa shape index (κ2) is 2.09. The molecule has 0 saturated carbocycles. The van der Waals surface area contributed by atoms with Crippen molar-refractivity contribution in [3.05, 3.63) is 29.5 Å². The van der Waals surface area contributed by atoms with Crippen LogP contribution in [-0.2, 0) is 0 Å². The summed E-state index contributed by atoms with van der Waals surface area (Å²) in [5.74, 6) is 0. The monoisotopic (exact) mass is 132 g/mol. The van der Waals surface area contributed by atoms with Gasteiger partial charge in [-0.2, -0.15) is 0 Å². The smallest absolute Gasteiger partial charge is 0.0839 e. The summed E-state index contributed by atoms with van der Waals surface area (Å²) in [6, 6.07) is 2.95. The van der Waals surface area contributed by atoms with E-state index in [1.807, 2.05) is 0 Å². The summed E-state index contributed by atoms with van der Waals surface area (Å²) < 4.78 is 11.9. The second-order valence-corrected chi connectivity index (χ2v) is 1.80. The molecule has 0 atom stereocenters. The summed E-state index contributed by atoms with van der Waals surface area (Å²) in [6.07, 6.45) is 2.48. The summed E-state index contributed by atoms with van der Waals surface area (Å²) in [7, 11) is 0. The van der Waals surface area contributed by atoms with Gasteiger partial charge in [-0.25, -0.2) is 0 Å². The van der Waals surface area contributed by atoms with Gasteiger partial charge in [0.1, 0.15) is 0 Å². The van der Waals surface area contributed by atoms with Crippen molar-refractivity contribution in [2.75, 3.05) is 0 Å². The first-order chi connectivity index (χ1) is 3.79. The summed E-state index contributed by atoms with van der Waals surface area (Å²) in [5, 5.41) is 0.541. The lowest BCUT2D eigenvalue weighted by Gasteiger charge is -1.77. The zero-order chi connectivity index (χ0) is 5.98. The average molecular weight is 133 g/mol. The molecule has 1 aromatic rings. The Morgan fingerprint density at radius 1 is 1.38 bits per heavy atom. The van der Waals surface area contributed by atoms with Crippen molar-refractivity contribution < 1.29 is 9.27 Å². The molecular formula is C5H4ClFN+. The Balaban J connectivity index is 3.03. The maximum atomic E-state index is 11.9. The number of rotatable bonds is 0. The summed E-state index contributed by atoms with van der Waals surface area (Å²) >= 11 is 5.43. The van der Waals surface area contributed by atoms with Crippen molar-refractivity contribution in [2.24, 2.45) is 0 Å². The lowest BCUT2D eigenvalue weighted by atomic mass is 10.5. The third-order valence-electron chi connectivity index (χ3n) is 0.752. The number of nitrogens with zero attached hydrogens (tertiary/aromatic N) is 1. The maximum Gasteiger partial charge on any atom is 0.219 e. The molecule has 1 nitrogen and oxygen atoms in total. The molecule has 42 valence electrons. The van der Waals surface area contributed by atoms with Crippen LogP contribution in [0.25, 0.3) is 0 Å². The highest BCUT2D eigenvalue weighted by atomic mass is 35.5. The first-order valence-electron chi connectivity index (χ1n) is 2.12. The predicted molar refractivity (Wildman–Crippen MR) is 28.2 cm³/mol. The molecule has 0 aliphatic rings. The first-order valence-corrected chi connectivity index (χ1v) is 2.50. The highest BCUT2D eigenvalue weighted by Gasteiger charge is 1.93. The molecule has 0 aliphatic carbocycles. The van der Waals surface area contributed by atoms with Crippen LogP contribution in [0.3, 0.4) is 0 Å². The molecule has 1 rings (SSSR count). The Bertz CT molecular complexity index is 151. The van der Waals surface area contributed by atoms with Gasteiger partial charge in [0.05, 0.1) is 9.50 Å². The zero-order valence-corrected chi connectivity index (χ0v) is 4.77. The van der Waals surface area contributed by atoms with Crippen LogP contribution >= 0.6 is 11.6 Å². The fourth-order valence-electron chi connectivity index (χ4n) is 0.390. The minimum atomic E-state index is 0.436. The van der Waals surface area contributed by atoms with E-state index in [2.05, 4.69) is 0 Å². The highest BCUT2D eigenvalue weighted by molar-refractivity contribution is 6.30. The van der Waals surface area contributed by atoms with Crippen molar-refractivity contribution in [3.8, 4) is 0 Å². The van der Waals surface area contributed by atoms with E-state index in [1.54, 1.807) is 0 Å². The fraction of sp³-hybridized carbons (Fsp3) is 0. The van der Waals surface area contributed by atoms with E-state index in [4.69, 9.17) is 11.6 Å². The van der Waals surface area contributed by atoms with E-state index in [0.717, 1.165) is 0 Å². The van der Waals surface area contributed by atoms with E-state index in [-0.39, 0.29) is 0 Å². The van der Waals surface area contributed by atoms with Gasteiger partial charge in [-0.1, -0.05) is 11.6 Å². The molecule has 0 unspecified atom stereocenters. The first kappa shape index (κ1) is 5.51. The van der Waals surface area contributed by atoms with E-state index < -0.39 is 0 Å². The van der Waals surface area contributed by atoms with Gasteiger partial charge in [0.15, 0.2) is 0 Å². The molecule has 0 N–H and O–H groups in total. The van der Waals surface area contributed by atoms with Crippen LogP contribution in [-0.4, -0.2) is 0 Å². The van der Waals surface area contributed by atoms with Gasteiger partial charge in [0, 0.05) is 16.9 Å². The number of hydrogen-bond acceptors (Lipinski definition) is 0. The average Bonchev–Trinajstić information content (AvgIpc) is 1.77. The van der Waals surface area contributed by atoms with Gasteiger partial charge in [0.2, 0.25) is 12.4 Å². The van der Waals surface area contributed by atoms with Crippen LogP contribution in [0.4, 0.5) is 4.48 Å². The summed E-state index contributed by atoms with van der Waals surface area (Å²) in [6.45, 7) is 0. The SMILES string of the molecule is F[n+]1ccc(Cl)cc1. The molecule has 0 bridgehead atoms. The third kappa shape index (κ3) is 1.17. The molecule has 0 saturated heterocycles. The van der Waals surface area contributed by atoms with Crippen LogP contribution in [0.5, 0.6) is 0 Å². The molecule has 1 heterocycles. The molecule has 0 radical (unpaired) electrons. The van der Waals surface area contributed by atoms with Crippen molar-refractivity contribution in [1.29, 1.82) is 0 Å². The van der Waals surface area contributed by atoms with Gasteiger partial charge < -0.3 is 0 Å². The summed E-state index contributed by atoms with van der Waals surface area (Å²) in [4.78, 5) is 0.436. The van der Waals surface area contributed by atoms with Crippen LogP contribution in [0.1, 0.15) is 0 Å². The zero-order valence-electron chi connectivity index (χ0n) is 4.01. The number of halogens is 2. The van der Waals surface area contributed by atoms with Gasteiger partial charge in [0.25, 0.3) is 0 Å². The quantitative estimate of drug-likeness (QED) is 0.502.